The molecule has 2 aliphatic rings. The summed E-state index contributed by atoms with van der Waals surface area (Å²) in [5.74, 6) is 1.70. The van der Waals surface area contributed by atoms with Crippen LogP contribution in [0.3, 0.4) is 0 Å². The Morgan fingerprint density at radius 2 is 2.19 bits per heavy atom. The second-order valence-electron chi connectivity index (χ2n) is 5.30. The summed E-state index contributed by atoms with van der Waals surface area (Å²) in [4.78, 5) is 7.31. The summed E-state index contributed by atoms with van der Waals surface area (Å²) >= 11 is 0. The molecule has 86 valence electrons. The highest BCUT2D eigenvalue weighted by Crippen LogP contribution is 2.39. The van der Waals surface area contributed by atoms with Crippen LogP contribution in [0.4, 0.5) is 0 Å². The van der Waals surface area contributed by atoms with Crippen LogP contribution in [0.25, 0.3) is 0 Å². The van der Waals surface area contributed by atoms with Gasteiger partial charge in [-0.2, -0.15) is 0 Å². The van der Waals surface area contributed by atoms with Crippen molar-refractivity contribution in [3.05, 3.63) is 29.9 Å². The number of H-pyrrole nitrogens is 1. The van der Waals surface area contributed by atoms with Gasteiger partial charge in [0.05, 0.1) is 6.33 Å². The summed E-state index contributed by atoms with van der Waals surface area (Å²) in [6, 6.07) is 0. The van der Waals surface area contributed by atoms with Crippen LogP contribution in [0.1, 0.15) is 44.2 Å². The molecule has 2 nitrogen and oxygen atoms in total. The van der Waals surface area contributed by atoms with Gasteiger partial charge in [0, 0.05) is 11.9 Å². The molecule has 1 fully saturated rings. The minimum absolute atomic E-state index is 0.754. The summed E-state index contributed by atoms with van der Waals surface area (Å²) in [7, 11) is 0. The molecule has 0 aliphatic heterocycles. The Morgan fingerprint density at radius 1 is 1.25 bits per heavy atom. The molecule has 0 saturated heterocycles. The maximum atomic E-state index is 4.09. The van der Waals surface area contributed by atoms with E-state index in [2.05, 4.69) is 16.0 Å². The van der Waals surface area contributed by atoms with Gasteiger partial charge in [0.1, 0.15) is 0 Å². The van der Waals surface area contributed by atoms with Crippen LogP contribution in [0.5, 0.6) is 0 Å². The molecule has 1 aromatic heterocycles. The summed E-state index contributed by atoms with van der Waals surface area (Å²) in [6.07, 6.45) is 15.9. The minimum atomic E-state index is 0.754. The van der Waals surface area contributed by atoms with Crippen LogP contribution in [0.2, 0.25) is 0 Å². The van der Waals surface area contributed by atoms with Gasteiger partial charge in [-0.3, -0.25) is 0 Å². The van der Waals surface area contributed by atoms with Crippen molar-refractivity contribution < 1.29 is 0 Å². The van der Waals surface area contributed by atoms with Crippen LogP contribution in [-0.4, -0.2) is 9.97 Å². The van der Waals surface area contributed by atoms with E-state index >= 15 is 0 Å². The lowest BCUT2D eigenvalue weighted by molar-refractivity contribution is 0.342. The number of aromatic nitrogens is 2. The third kappa shape index (κ3) is 2.06. The molecule has 0 spiro atoms. The van der Waals surface area contributed by atoms with Crippen molar-refractivity contribution in [1.29, 1.82) is 0 Å². The van der Waals surface area contributed by atoms with Crippen molar-refractivity contribution >= 4 is 0 Å². The van der Waals surface area contributed by atoms with Gasteiger partial charge in [0.25, 0.3) is 0 Å². The molecule has 3 rings (SSSR count). The standard InChI is InChI=1S/C14H20N2/c1-3-11(8-14-9-15-10-16-14)7-13(6-1)12-4-2-5-12/h7,9-12H,1-6,8H2,(H,15,16). The van der Waals surface area contributed by atoms with Gasteiger partial charge >= 0.3 is 0 Å². The molecule has 1 atom stereocenters. The average molecular weight is 216 g/mol. The van der Waals surface area contributed by atoms with E-state index in [1.54, 1.807) is 11.9 Å². The van der Waals surface area contributed by atoms with Gasteiger partial charge in [-0.25, -0.2) is 4.98 Å². The second-order valence-corrected chi connectivity index (χ2v) is 5.30. The predicted octanol–water partition coefficient (Wildman–Crippen LogP) is 3.48. The van der Waals surface area contributed by atoms with Crippen molar-refractivity contribution in [1.82, 2.24) is 9.97 Å². The molecule has 1 saturated carbocycles. The fourth-order valence-corrected chi connectivity index (χ4v) is 3.00. The van der Waals surface area contributed by atoms with E-state index in [9.17, 15) is 0 Å². The second kappa shape index (κ2) is 4.44. The van der Waals surface area contributed by atoms with E-state index in [4.69, 9.17) is 0 Å². The summed E-state index contributed by atoms with van der Waals surface area (Å²) in [5.41, 5.74) is 3.05. The summed E-state index contributed by atoms with van der Waals surface area (Å²) < 4.78 is 0. The van der Waals surface area contributed by atoms with E-state index < -0.39 is 0 Å². The van der Waals surface area contributed by atoms with Gasteiger partial charge < -0.3 is 4.98 Å². The van der Waals surface area contributed by atoms with E-state index in [-0.39, 0.29) is 0 Å². The topological polar surface area (TPSA) is 28.7 Å². The number of aromatic amines is 1. The zero-order chi connectivity index (χ0) is 10.8. The van der Waals surface area contributed by atoms with Gasteiger partial charge in [-0.05, 0) is 50.4 Å². The van der Waals surface area contributed by atoms with Crippen molar-refractivity contribution in [2.75, 3.05) is 0 Å². The van der Waals surface area contributed by atoms with Gasteiger partial charge in [-0.15, -0.1) is 0 Å². The van der Waals surface area contributed by atoms with Crippen LogP contribution in [0.15, 0.2) is 24.2 Å². The Hall–Kier alpha value is -1.05. The lowest BCUT2D eigenvalue weighted by Crippen LogP contribution is -2.18. The molecule has 2 heteroatoms. The highest BCUT2D eigenvalue weighted by molar-refractivity contribution is 5.15. The molecule has 16 heavy (non-hydrogen) atoms. The smallest absolute Gasteiger partial charge is 0.0921 e. The first-order valence-electron chi connectivity index (χ1n) is 6.59. The third-order valence-electron chi connectivity index (χ3n) is 4.16. The molecule has 0 aromatic carbocycles. The van der Waals surface area contributed by atoms with Crippen molar-refractivity contribution in [2.45, 2.75) is 44.9 Å². The fraction of sp³-hybridized carbons (Fsp3) is 0.643. The lowest BCUT2D eigenvalue weighted by Gasteiger charge is -2.32. The Kier molecular flexibility index (Phi) is 2.81. The zero-order valence-electron chi connectivity index (χ0n) is 9.78. The molecular formula is C14H20N2. The monoisotopic (exact) mass is 216 g/mol. The number of nitrogens with one attached hydrogen (secondary N) is 1. The number of imidazole rings is 1. The van der Waals surface area contributed by atoms with Crippen LogP contribution >= 0.6 is 0 Å². The maximum absolute atomic E-state index is 4.09. The molecule has 1 unspecified atom stereocenters. The third-order valence-corrected chi connectivity index (χ3v) is 4.16. The molecule has 0 bridgehead atoms. The van der Waals surface area contributed by atoms with Crippen LogP contribution < -0.4 is 0 Å². The Morgan fingerprint density at radius 3 is 2.88 bits per heavy atom. The Balaban J connectivity index is 1.66. The first-order chi connectivity index (χ1) is 7.92. The average Bonchev–Trinajstić information content (AvgIpc) is 2.68. The molecule has 0 radical (unpaired) electrons. The largest absolute Gasteiger partial charge is 0.348 e. The van der Waals surface area contributed by atoms with Crippen LogP contribution in [0, 0.1) is 11.8 Å². The zero-order valence-corrected chi connectivity index (χ0v) is 9.78. The van der Waals surface area contributed by atoms with Crippen molar-refractivity contribution in [3.8, 4) is 0 Å². The fourth-order valence-electron chi connectivity index (χ4n) is 3.00. The van der Waals surface area contributed by atoms with E-state index in [0.29, 0.717) is 0 Å². The van der Waals surface area contributed by atoms with Gasteiger partial charge in [0.15, 0.2) is 0 Å². The highest BCUT2D eigenvalue weighted by atomic mass is 14.9. The van der Waals surface area contributed by atoms with E-state index in [0.717, 1.165) is 18.3 Å². The summed E-state index contributed by atoms with van der Waals surface area (Å²) in [6.45, 7) is 0. The van der Waals surface area contributed by atoms with E-state index in [1.807, 2.05) is 6.20 Å². The number of hydrogen-bond acceptors (Lipinski definition) is 1. The highest BCUT2D eigenvalue weighted by Gasteiger charge is 2.25. The maximum Gasteiger partial charge on any atom is 0.0921 e. The first kappa shape index (κ1) is 10.1. The number of allylic oxidation sites excluding steroid dienone is 2. The quantitative estimate of drug-likeness (QED) is 0.770. The number of hydrogen-bond donors (Lipinski definition) is 1. The van der Waals surface area contributed by atoms with Gasteiger partial charge in [-0.1, -0.05) is 18.1 Å². The molecule has 0 amide bonds. The van der Waals surface area contributed by atoms with E-state index in [1.165, 1.54) is 44.2 Å². The minimum Gasteiger partial charge on any atom is -0.348 e. The van der Waals surface area contributed by atoms with Gasteiger partial charge in [0.2, 0.25) is 0 Å². The normalized spacial score (nSPS) is 26.2. The van der Waals surface area contributed by atoms with Crippen LogP contribution in [-0.2, 0) is 6.42 Å². The molecule has 2 aliphatic carbocycles. The first-order valence-corrected chi connectivity index (χ1v) is 6.59. The lowest BCUT2D eigenvalue weighted by atomic mass is 9.74. The van der Waals surface area contributed by atoms with Crippen molar-refractivity contribution in [2.24, 2.45) is 11.8 Å². The molecule has 1 heterocycles. The molecular weight excluding hydrogens is 196 g/mol. The Labute approximate surface area is 97.2 Å². The molecule has 1 aromatic rings. The Bertz CT molecular complexity index is 360. The summed E-state index contributed by atoms with van der Waals surface area (Å²) in [5, 5.41) is 0. The number of nitrogens with zero attached hydrogens (tertiary/aromatic N) is 1. The number of rotatable bonds is 3. The van der Waals surface area contributed by atoms with Crippen molar-refractivity contribution in [3.63, 3.8) is 0 Å². The predicted molar refractivity (Wildman–Crippen MR) is 65.1 cm³/mol. The molecule has 1 N–H and O–H groups in total. The SMILES string of the molecule is C1=C(C2CCC2)CCCC1Cc1cnc[nH]1.